The first-order chi connectivity index (χ1) is 10.8. The van der Waals surface area contributed by atoms with E-state index in [1.807, 2.05) is 29.3 Å². The predicted molar refractivity (Wildman–Crippen MR) is 88.2 cm³/mol. The van der Waals surface area contributed by atoms with E-state index in [1.165, 1.54) is 23.3 Å². The number of pyridine rings is 1. The van der Waals surface area contributed by atoms with Gasteiger partial charge in [-0.2, -0.15) is 0 Å². The molecule has 22 heavy (non-hydrogen) atoms. The molecule has 0 saturated carbocycles. The van der Waals surface area contributed by atoms with Crippen LogP contribution in [0.3, 0.4) is 0 Å². The highest BCUT2D eigenvalue weighted by Crippen LogP contribution is 2.36. The maximum absolute atomic E-state index is 13.1. The number of hydrogen-bond donors (Lipinski definition) is 0. The second-order valence-electron chi connectivity index (χ2n) is 6.17. The average molecular weight is 312 g/mol. The van der Waals surface area contributed by atoms with Crippen molar-refractivity contribution in [2.75, 3.05) is 6.54 Å². The Hall–Kier alpha value is -1.68. The minimum absolute atomic E-state index is 0.146. The van der Waals surface area contributed by atoms with Gasteiger partial charge in [0.25, 0.3) is 5.91 Å². The van der Waals surface area contributed by atoms with E-state index in [2.05, 4.69) is 10.4 Å². The number of nitrogens with zero attached hydrogens (tertiary/aromatic N) is 2. The van der Waals surface area contributed by atoms with Crippen molar-refractivity contribution in [1.29, 1.82) is 0 Å². The number of carbonyl (C=O) groups is 1. The molecule has 4 rings (SSSR count). The highest BCUT2D eigenvalue weighted by molar-refractivity contribution is 7.10. The largest absolute Gasteiger partial charge is 0.330 e. The van der Waals surface area contributed by atoms with Crippen molar-refractivity contribution in [3.63, 3.8) is 0 Å². The summed E-state index contributed by atoms with van der Waals surface area (Å²) in [5.41, 5.74) is 3.31. The lowest BCUT2D eigenvalue weighted by atomic mass is 9.95. The molecule has 1 aliphatic carbocycles. The van der Waals surface area contributed by atoms with Gasteiger partial charge >= 0.3 is 0 Å². The number of rotatable bonds is 2. The summed E-state index contributed by atoms with van der Waals surface area (Å²) >= 11 is 1.77. The molecule has 114 valence electrons. The fourth-order valence-electron chi connectivity index (χ4n) is 3.72. The molecule has 3 nitrogen and oxygen atoms in total. The zero-order valence-corrected chi connectivity index (χ0v) is 13.4. The molecule has 1 atom stereocenters. The molecule has 2 aliphatic rings. The maximum atomic E-state index is 13.1. The Labute approximate surface area is 135 Å². The Morgan fingerprint density at radius 1 is 1.23 bits per heavy atom. The number of amides is 1. The van der Waals surface area contributed by atoms with Crippen LogP contribution in [0.1, 0.15) is 58.2 Å². The monoisotopic (exact) mass is 312 g/mol. The van der Waals surface area contributed by atoms with Crippen LogP contribution in [-0.4, -0.2) is 22.3 Å². The minimum atomic E-state index is 0.146. The lowest BCUT2D eigenvalue weighted by molar-refractivity contribution is 0.0732. The van der Waals surface area contributed by atoms with Gasteiger partial charge in [0.05, 0.1) is 17.3 Å². The molecule has 0 aromatic carbocycles. The number of likely N-dealkylation sites (tertiary alicyclic amines) is 1. The van der Waals surface area contributed by atoms with E-state index < -0.39 is 0 Å². The molecule has 0 N–H and O–H groups in total. The SMILES string of the molecule is O=C(c1csc2c1CCCC2)N1CCCC1c1ccccn1. The quantitative estimate of drug-likeness (QED) is 0.840. The van der Waals surface area contributed by atoms with E-state index in [4.69, 9.17) is 0 Å². The van der Waals surface area contributed by atoms with Gasteiger partial charge in [0.15, 0.2) is 0 Å². The summed E-state index contributed by atoms with van der Waals surface area (Å²) in [6.45, 7) is 0.852. The zero-order valence-electron chi connectivity index (χ0n) is 12.6. The lowest BCUT2D eigenvalue weighted by Crippen LogP contribution is -2.31. The van der Waals surface area contributed by atoms with Crippen molar-refractivity contribution in [1.82, 2.24) is 9.88 Å². The van der Waals surface area contributed by atoms with Crippen molar-refractivity contribution >= 4 is 17.2 Å². The normalized spacial score (nSPS) is 20.9. The number of hydrogen-bond acceptors (Lipinski definition) is 3. The Morgan fingerprint density at radius 2 is 2.14 bits per heavy atom. The zero-order chi connectivity index (χ0) is 14.9. The topological polar surface area (TPSA) is 33.2 Å². The van der Waals surface area contributed by atoms with Crippen LogP contribution in [0.25, 0.3) is 0 Å². The van der Waals surface area contributed by atoms with Crippen molar-refractivity contribution in [3.8, 4) is 0 Å². The molecule has 2 aromatic rings. The third-order valence-electron chi connectivity index (χ3n) is 4.83. The molecule has 3 heterocycles. The van der Waals surface area contributed by atoms with Crippen LogP contribution in [0.15, 0.2) is 29.8 Å². The van der Waals surface area contributed by atoms with Crippen LogP contribution in [0, 0.1) is 0 Å². The van der Waals surface area contributed by atoms with Crippen molar-refractivity contribution in [2.45, 2.75) is 44.6 Å². The summed E-state index contributed by atoms with van der Waals surface area (Å²) in [5, 5.41) is 2.09. The molecule has 1 saturated heterocycles. The van der Waals surface area contributed by atoms with E-state index in [9.17, 15) is 4.79 Å². The molecule has 1 amide bonds. The van der Waals surface area contributed by atoms with E-state index in [-0.39, 0.29) is 11.9 Å². The van der Waals surface area contributed by atoms with E-state index in [0.717, 1.165) is 43.5 Å². The van der Waals surface area contributed by atoms with Crippen LogP contribution in [0.5, 0.6) is 0 Å². The van der Waals surface area contributed by atoms with Gasteiger partial charge in [0.1, 0.15) is 0 Å². The van der Waals surface area contributed by atoms with E-state index in [0.29, 0.717) is 0 Å². The Bertz CT molecular complexity index is 680. The summed E-state index contributed by atoms with van der Waals surface area (Å²) in [6.07, 6.45) is 8.62. The van der Waals surface area contributed by atoms with Gasteiger partial charge in [-0.1, -0.05) is 6.07 Å². The molecular weight excluding hydrogens is 292 g/mol. The van der Waals surface area contributed by atoms with Crippen molar-refractivity contribution < 1.29 is 4.79 Å². The Morgan fingerprint density at radius 3 is 3.00 bits per heavy atom. The predicted octanol–water partition coefficient (Wildman–Crippen LogP) is 4.00. The molecule has 4 heteroatoms. The summed E-state index contributed by atoms with van der Waals surface area (Å²) in [7, 11) is 0. The Balaban J connectivity index is 1.63. The van der Waals surface area contributed by atoms with Gasteiger partial charge in [-0.25, -0.2) is 0 Å². The van der Waals surface area contributed by atoms with Crippen LogP contribution in [0.4, 0.5) is 0 Å². The molecule has 0 radical (unpaired) electrons. The first kappa shape index (κ1) is 13.9. The van der Waals surface area contributed by atoms with Gasteiger partial charge in [-0.15, -0.1) is 11.3 Å². The van der Waals surface area contributed by atoms with Crippen LogP contribution < -0.4 is 0 Å². The van der Waals surface area contributed by atoms with Gasteiger partial charge in [0.2, 0.25) is 0 Å². The van der Waals surface area contributed by atoms with E-state index >= 15 is 0 Å². The van der Waals surface area contributed by atoms with Gasteiger partial charge in [-0.3, -0.25) is 9.78 Å². The van der Waals surface area contributed by atoms with Crippen molar-refractivity contribution in [2.24, 2.45) is 0 Å². The van der Waals surface area contributed by atoms with Crippen LogP contribution in [0.2, 0.25) is 0 Å². The maximum Gasteiger partial charge on any atom is 0.255 e. The molecule has 0 bridgehead atoms. The number of aryl methyl sites for hydroxylation is 1. The minimum Gasteiger partial charge on any atom is -0.330 e. The summed E-state index contributed by atoms with van der Waals surface area (Å²) in [5.74, 6) is 0.215. The molecular formula is C18H20N2OS. The second kappa shape index (κ2) is 5.84. The number of fused-ring (bicyclic) bond motifs is 1. The highest BCUT2D eigenvalue weighted by atomic mass is 32.1. The standard InChI is InChI=1S/C18H20N2OS/c21-18(14-12-22-17-9-2-1-6-13(14)17)20-11-5-8-16(20)15-7-3-4-10-19-15/h3-4,7,10,12,16H,1-2,5-6,8-9,11H2. The summed E-state index contributed by atoms with van der Waals surface area (Å²) < 4.78 is 0. The number of aromatic nitrogens is 1. The average Bonchev–Trinajstić information content (AvgIpc) is 3.22. The summed E-state index contributed by atoms with van der Waals surface area (Å²) in [6, 6.07) is 6.13. The smallest absolute Gasteiger partial charge is 0.255 e. The number of thiophene rings is 1. The van der Waals surface area contributed by atoms with E-state index in [1.54, 1.807) is 11.3 Å². The molecule has 1 unspecified atom stereocenters. The second-order valence-corrected chi connectivity index (χ2v) is 7.13. The van der Waals surface area contributed by atoms with Crippen LogP contribution >= 0.6 is 11.3 Å². The van der Waals surface area contributed by atoms with Gasteiger partial charge < -0.3 is 4.90 Å². The summed E-state index contributed by atoms with van der Waals surface area (Å²) in [4.78, 5) is 21.0. The van der Waals surface area contributed by atoms with Gasteiger partial charge in [0, 0.05) is 23.0 Å². The van der Waals surface area contributed by atoms with Crippen LogP contribution in [-0.2, 0) is 12.8 Å². The third-order valence-corrected chi connectivity index (χ3v) is 5.92. The fourth-order valence-corrected chi connectivity index (χ4v) is 4.84. The first-order valence-electron chi connectivity index (χ1n) is 8.16. The first-order valence-corrected chi connectivity index (χ1v) is 9.03. The number of carbonyl (C=O) groups excluding carboxylic acids is 1. The van der Waals surface area contributed by atoms with Crippen molar-refractivity contribution in [3.05, 3.63) is 51.5 Å². The molecule has 0 spiro atoms. The third kappa shape index (κ3) is 2.35. The van der Waals surface area contributed by atoms with Gasteiger partial charge in [-0.05, 0) is 56.2 Å². The fraction of sp³-hybridized carbons (Fsp3) is 0.444. The molecule has 2 aromatic heterocycles. The molecule has 1 fully saturated rings. The lowest BCUT2D eigenvalue weighted by Gasteiger charge is -2.25. The highest BCUT2D eigenvalue weighted by Gasteiger charge is 2.33. The Kier molecular flexibility index (Phi) is 3.70. The molecule has 1 aliphatic heterocycles.